The summed E-state index contributed by atoms with van der Waals surface area (Å²) in [5.74, 6) is 0.777. The van der Waals surface area contributed by atoms with Gasteiger partial charge in [-0.25, -0.2) is 8.42 Å². The number of nitrogens with zero attached hydrogens (tertiary/aromatic N) is 1. The number of sulfonamides is 1. The minimum Gasteiger partial charge on any atom is -0.497 e. The molecule has 1 N–H and O–H groups in total. The predicted octanol–water partition coefficient (Wildman–Crippen LogP) is 3.67. The summed E-state index contributed by atoms with van der Waals surface area (Å²) in [6, 6.07) is 15.0. The largest absolute Gasteiger partial charge is 0.497 e. The maximum atomic E-state index is 12.8. The zero-order valence-corrected chi connectivity index (χ0v) is 19.2. The van der Waals surface area contributed by atoms with E-state index in [1.807, 2.05) is 55.5 Å². The Morgan fingerprint density at radius 3 is 2.17 bits per heavy atom. The third kappa shape index (κ3) is 7.46. The van der Waals surface area contributed by atoms with E-state index in [2.05, 4.69) is 19.2 Å². The Morgan fingerprint density at radius 2 is 1.67 bits per heavy atom. The number of hydrogen-bond donors (Lipinski definition) is 1. The monoisotopic (exact) mass is 432 g/mol. The zero-order valence-electron chi connectivity index (χ0n) is 18.4. The van der Waals surface area contributed by atoms with E-state index in [0.717, 1.165) is 35.1 Å². The van der Waals surface area contributed by atoms with Gasteiger partial charge in [0.05, 0.1) is 26.0 Å². The van der Waals surface area contributed by atoms with Crippen LogP contribution in [-0.4, -0.2) is 38.5 Å². The Labute approximate surface area is 180 Å². The summed E-state index contributed by atoms with van der Waals surface area (Å²) in [5, 5.41) is 3.01. The number of ether oxygens (including phenoxy) is 1. The average Bonchev–Trinajstić information content (AvgIpc) is 2.67. The van der Waals surface area contributed by atoms with Gasteiger partial charge in [-0.3, -0.25) is 4.79 Å². The van der Waals surface area contributed by atoms with Crippen LogP contribution in [0.25, 0.3) is 0 Å². The molecule has 2 rings (SSSR count). The highest BCUT2D eigenvalue weighted by molar-refractivity contribution is 7.88. The van der Waals surface area contributed by atoms with E-state index in [1.54, 1.807) is 7.11 Å². The standard InChI is InChI=1S/C23H32N2O4S/c1-17(2)14-22(20-10-12-21(29-4)13-11-20)24-23(26)16-25(30(5,27)28)15-19-8-6-18(3)7-9-19/h6-13,17,22H,14-16H2,1-5H3,(H,24,26). The number of methoxy groups -OCH3 is 1. The SMILES string of the molecule is COc1ccc(C(CC(C)C)NC(=O)CN(Cc2ccc(C)cc2)S(C)(=O)=O)cc1. The zero-order chi connectivity index (χ0) is 22.3. The van der Waals surface area contributed by atoms with E-state index >= 15 is 0 Å². The number of carbonyl (C=O) groups is 1. The minimum absolute atomic E-state index is 0.157. The molecule has 2 aromatic rings. The molecule has 30 heavy (non-hydrogen) atoms. The van der Waals surface area contributed by atoms with E-state index in [4.69, 9.17) is 4.74 Å². The maximum Gasteiger partial charge on any atom is 0.235 e. The van der Waals surface area contributed by atoms with Crippen LogP contribution in [0.4, 0.5) is 0 Å². The Hall–Kier alpha value is -2.38. The molecule has 0 saturated carbocycles. The number of hydrogen-bond acceptors (Lipinski definition) is 4. The molecule has 1 unspecified atom stereocenters. The van der Waals surface area contributed by atoms with Crippen LogP contribution in [0.2, 0.25) is 0 Å². The van der Waals surface area contributed by atoms with Crippen molar-refractivity contribution in [2.24, 2.45) is 5.92 Å². The van der Waals surface area contributed by atoms with Crippen LogP contribution >= 0.6 is 0 Å². The van der Waals surface area contributed by atoms with Gasteiger partial charge in [0.2, 0.25) is 15.9 Å². The van der Waals surface area contributed by atoms with Gasteiger partial charge in [0.15, 0.2) is 0 Å². The number of amides is 1. The molecule has 0 heterocycles. The number of rotatable bonds is 10. The second-order valence-electron chi connectivity index (χ2n) is 8.04. The fraction of sp³-hybridized carbons (Fsp3) is 0.435. The minimum atomic E-state index is -3.54. The molecule has 0 spiro atoms. The van der Waals surface area contributed by atoms with Crippen molar-refractivity contribution in [2.75, 3.05) is 19.9 Å². The molecule has 2 aromatic carbocycles. The van der Waals surface area contributed by atoms with Gasteiger partial charge in [0, 0.05) is 6.54 Å². The molecule has 0 aromatic heterocycles. The van der Waals surface area contributed by atoms with E-state index < -0.39 is 10.0 Å². The number of aryl methyl sites for hydroxylation is 1. The summed E-state index contributed by atoms with van der Waals surface area (Å²) in [4.78, 5) is 12.8. The molecule has 1 atom stereocenters. The van der Waals surface area contributed by atoms with Crippen molar-refractivity contribution in [1.29, 1.82) is 0 Å². The Bertz CT molecular complexity index is 923. The first kappa shape index (κ1) is 23.9. The van der Waals surface area contributed by atoms with Crippen LogP contribution in [0.1, 0.15) is 43.0 Å². The lowest BCUT2D eigenvalue weighted by atomic mass is 9.97. The number of carbonyl (C=O) groups excluding carboxylic acids is 1. The normalized spacial score (nSPS) is 12.8. The van der Waals surface area contributed by atoms with Crippen LogP contribution in [-0.2, 0) is 21.4 Å². The van der Waals surface area contributed by atoms with Gasteiger partial charge in [-0.1, -0.05) is 55.8 Å². The molecule has 0 aliphatic heterocycles. The number of benzene rings is 2. The molecule has 7 heteroatoms. The second kappa shape index (κ2) is 10.6. The number of nitrogens with one attached hydrogen (secondary N) is 1. The summed E-state index contributed by atoms with van der Waals surface area (Å²) in [7, 11) is -1.94. The van der Waals surface area contributed by atoms with E-state index in [9.17, 15) is 13.2 Å². The highest BCUT2D eigenvalue weighted by Gasteiger charge is 2.23. The van der Waals surface area contributed by atoms with Gasteiger partial charge in [-0.05, 0) is 42.5 Å². The molecule has 0 aliphatic rings. The molecule has 0 fully saturated rings. The molecule has 6 nitrogen and oxygen atoms in total. The topological polar surface area (TPSA) is 75.7 Å². The fourth-order valence-electron chi connectivity index (χ4n) is 3.17. The summed E-state index contributed by atoms with van der Waals surface area (Å²) in [6.45, 7) is 6.08. The van der Waals surface area contributed by atoms with Gasteiger partial charge in [-0.2, -0.15) is 4.31 Å². The van der Waals surface area contributed by atoms with Crippen LogP contribution in [0.3, 0.4) is 0 Å². The van der Waals surface area contributed by atoms with Crippen molar-refractivity contribution in [3.63, 3.8) is 0 Å². The molecule has 0 radical (unpaired) electrons. The fourth-order valence-corrected chi connectivity index (χ4v) is 3.91. The molecular weight excluding hydrogens is 400 g/mol. The van der Waals surface area contributed by atoms with Crippen molar-refractivity contribution < 1.29 is 17.9 Å². The van der Waals surface area contributed by atoms with Gasteiger partial charge in [0.25, 0.3) is 0 Å². The maximum absolute atomic E-state index is 12.8. The summed E-state index contributed by atoms with van der Waals surface area (Å²) in [5.41, 5.74) is 2.90. The molecule has 0 aliphatic carbocycles. The third-order valence-corrected chi connectivity index (χ3v) is 6.03. The lowest BCUT2D eigenvalue weighted by molar-refractivity contribution is -0.122. The van der Waals surface area contributed by atoms with Gasteiger partial charge >= 0.3 is 0 Å². The lowest BCUT2D eigenvalue weighted by Crippen LogP contribution is -2.41. The summed E-state index contributed by atoms with van der Waals surface area (Å²) in [6.07, 6.45) is 1.87. The highest BCUT2D eigenvalue weighted by atomic mass is 32.2. The van der Waals surface area contributed by atoms with E-state index in [0.29, 0.717) is 5.92 Å². The van der Waals surface area contributed by atoms with Gasteiger partial charge in [0.1, 0.15) is 5.75 Å². The molecular formula is C23H32N2O4S. The third-order valence-electron chi connectivity index (χ3n) is 4.83. The van der Waals surface area contributed by atoms with Crippen LogP contribution in [0.5, 0.6) is 5.75 Å². The first-order valence-electron chi connectivity index (χ1n) is 10.0. The summed E-state index contributed by atoms with van der Waals surface area (Å²) < 4.78 is 31.0. The van der Waals surface area contributed by atoms with Crippen molar-refractivity contribution in [3.8, 4) is 5.75 Å². The molecule has 0 bridgehead atoms. The van der Waals surface area contributed by atoms with Crippen LogP contribution in [0, 0.1) is 12.8 Å². The lowest BCUT2D eigenvalue weighted by Gasteiger charge is -2.24. The highest BCUT2D eigenvalue weighted by Crippen LogP contribution is 2.23. The molecule has 164 valence electrons. The van der Waals surface area contributed by atoms with Crippen LogP contribution in [0.15, 0.2) is 48.5 Å². The Kier molecular flexibility index (Phi) is 8.43. The van der Waals surface area contributed by atoms with Crippen LogP contribution < -0.4 is 10.1 Å². The van der Waals surface area contributed by atoms with E-state index in [-0.39, 0.29) is 25.0 Å². The van der Waals surface area contributed by atoms with E-state index in [1.165, 1.54) is 4.31 Å². The van der Waals surface area contributed by atoms with Gasteiger partial charge < -0.3 is 10.1 Å². The average molecular weight is 433 g/mol. The smallest absolute Gasteiger partial charge is 0.235 e. The predicted molar refractivity (Wildman–Crippen MR) is 120 cm³/mol. The van der Waals surface area contributed by atoms with Crippen molar-refractivity contribution >= 4 is 15.9 Å². The van der Waals surface area contributed by atoms with Crippen molar-refractivity contribution in [2.45, 2.75) is 39.8 Å². The quantitative estimate of drug-likeness (QED) is 0.622. The summed E-state index contributed by atoms with van der Waals surface area (Å²) >= 11 is 0. The van der Waals surface area contributed by atoms with Crippen molar-refractivity contribution in [3.05, 3.63) is 65.2 Å². The Balaban J connectivity index is 2.14. The van der Waals surface area contributed by atoms with Gasteiger partial charge in [-0.15, -0.1) is 0 Å². The molecule has 1 amide bonds. The van der Waals surface area contributed by atoms with Crippen molar-refractivity contribution in [1.82, 2.24) is 9.62 Å². The first-order chi connectivity index (χ1) is 14.1. The second-order valence-corrected chi connectivity index (χ2v) is 10.0. The first-order valence-corrected chi connectivity index (χ1v) is 11.9. The Morgan fingerprint density at radius 1 is 1.07 bits per heavy atom. The molecule has 0 saturated heterocycles.